The highest BCUT2D eigenvalue weighted by atomic mass is 32.2. The minimum Gasteiger partial charge on any atom is -0.383 e. The highest BCUT2D eigenvalue weighted by molar-refractivity contribution is 7.89. The van der Waals surface area contributed by atoms with Crippen LogP contribution in [0, 0.1) is 6.92 Å². The molecule has 130 valence electrons. The molecule has 1 amide bonds. The molecule has 0 aromatic heterocycles. The third-order valence-corrected chi connectivity index (χ3v) is 5.02. The Morgan fingerprint density at radius 2 is 2.04 bits per heavy atom. The van der Waals surface area contributed by atoms with Gasteiger partial charge in [-0.1, -0.05) is 19.4 Å². The van der Waals surface area contributed by atoms with Crippen LogP contribution in [-0.2, 0) is 14.8 Å². The molecule has 0 bridgehead atoms. The second-order valence-corrected chi connectivity index (χ2v) is 7.25. The summed E-state index contributed by atoms with van der Waals surface area (Å²) in [5.41, 5.74) is 1.08. The van der Waals surface area contributed by atoms with Gasteiger partial charge in [-0.25, -0.2) is 13.1 Å². The van der Waals surface area contributed by atoms with E-state index in [9.17, 15) is 13.2 Å². The van der Waals surface area contributed by atoms with E-state index in [1.165, 1.54) is 12.1 Å². The van der Waals surface area contributed by atoms with Gasteiger partial charge in [-0.15, -0.1) is 0 Å². The van der Waals surface area contributed by atoms with Crippen LogP contribution >= 0.6 is 0 Å². The number of benzene rings is 1. The molecule has 2 N–H and O–H groups in total. The van der Waals surface area contributed by atoms with Gasteiger partial charge >= 0.3 is 0 Å². The maximum Gasteiger partial charge on any atom is 0.251 e. The molecule has 1 aromatic carbocycles. The molecule has 1 atom stereocenters. The summed E-state index contributed by atoms with van der Waals surface area (Å²) < 4.78 is 32.3. The molecule has 0 aliphatic carbocycles. The van der Waals surface area contributed by atoms with Crippen molar-refractivity contribution in [2.45, 2.75) is 44.6 Å². The monoisotopic (exact) mass is 342 g/mol. The largest absolute Gasteiger partial charge is 0.383 e. The van der Waals surface area contributed by atoms with Crippen molar-refractivity contribution in [2.24, 2.45) is 0 Å². The van der Waals surface area contributed by atoms with Crippen LogP contribution in [0.3, 0.4) is 0 Å². The summed E-state index contributed by atoms with van der Waals surface area (Å²) >= 11 is 0. The van der Waals surface area contributed by atoms with E-state index in [-0.39, 0.29) is 16.8 Å². The van der Waals surface area contributed by atoms with Gasteiger partial charge in [0, 0.05) is 25.3 Å². The zero-order valence-electron chi connectivity index (χ0n) is 14.2. The number of methoxy groups -OCH3 is 1. The van der Waals surface area contributed by atoms with Crippen molar-refractivity contribution in [3.05, 3.63) is 29.3 Å². The molecule has 0 saturated heterocycles. The van der Waals surface area contributed by atoms with Crippen LogP contribution < -0.4 is 10.0 Å². The molecular weight excluding hydrogens is 316 g/mol. The second-order valence-electron chi connectivity index (χ2n) is 5.54. The van der Waals surface area contributed by atoms with Crippen LogP contribution in [0.25, 0.3) is 0 Å². The minimum absolute atomic E-state index is 0.0999. The van der Waals surface area contributed by atoms with Gasteiger partial charge in [0.1, 0.15) is 0 Å². The van der Waals surface area contributed by atoms with Crippen LogP contribution in [0.4, 0.5) is 0 Å². The summed E-state index contributed by atoms with van der Waals surface area (Å²) in [5.74, 6) is -0.307. The summed E-state index contributed by atoms with van der Waals surface area (Å²) in [7, 11) is -2.09. The maximum absolute atomic E-state index is 12.4. The summed E-state index contributed by atoms with van der Waals surface area (Å²) in [6.07, 6.45) is 1.65. The molecule has 0 radical (unpaired) electrons. The average molecular weight is 342 g/mol. The van der Waals surface area contributed by atoms with Gasteiger partial charge in [-0.05, 0) is 38.0 Å². The molecule has 1 rings (SSSR count). The van der Waals surface area contributed by atoms with Crippen molar-refractivity contribution >= 4 is 15.9 Å². The Hall–Kier alpha value is -1.44. The fraction of sp³-hybridized carbons (Fsp3) is 0.562. The van der Waals surface area contributed by atoms with Crippen molar-refractivity contribution in [1.29, 1.82) is 0 Å². The fourth-order valence-electron chi connectivity index (χ4n) is 2.20. The van der Waals surface area contributed by atoms with E-state index in [0.717, 1.165) is 18.4 Å². The van der Waals surface area contributed by atoms with Crippen molar-refractivity contribution in [2.75, 3.05) is 20.3 Å². The molecule has 1 aromatic rings. The van der Waals surface area contributed by atoms with Crippen LogP contribution in [0.5, 0.6) is 0 Å². The first-order chi connectivity index (χ1) is 10.8. The molecule has 0 heterocycles. The molecule has 0 unspecified atom stereocenters. The fourth-order valence-corrected chi connectivity index (χ4v) is 3.50. The van der Waals surface area contributed by atoms with Gasteiger partial charge in [0.2, 0.25) is 10.0 Å². The lowest BCUT2D eigenvalue weighted by atomic mass is 10.1. The van der Waals surface area contributed by atoms with E-state index < -0.39 is 10.0 Å². The number of ether oxygens (including phenoxy) is 1. The highest BCUT2D eigenvalue weighted by Crippen LogP contribution is 2.16. The zero-order chi connectivity index (χ0) is 17.5. The van der Waals surface area contributed by atoms with Gasteiger partial charge in [0.15, 0.2) is 0 Å². The SMILES string of the molecule is CCC[C@H](C)NS(=O)(=O)c1ccc(C)c(C(=O)NCCOC)c1. The van der Waals surface area contributed by atoms with Crippen LogP contribution in [0.1, 0.15) is 42.6 Å². The first-order valence-corrected chi connectivity index (χ1v) is 9.20. The smallest absolute Gasteiger partial charge is 0.251 e. The lowest BCUT2D eigenvalue weighted by Crippen LogP contribution is -2.33. The van der Waals surface area contributed by atoms with E-state index in [1.54, 1.807) is 20.1 Å². The Morgan fingerprint density at radius 3 is 2.65 bits per heavy atom. The van der Waals surface area contributed by atoms with Gasteiger partial charge in [0.25, 0.3) is 5.91 Å². The normalized spacial score (nSPS) is 12.9. The topological polar surface area (TPSA) is 84.5 Å². The summed E-state index contributed by atoms with van der Waals surface area (Å²) in [6.45, 7) is 6.37. The number of aryl methyl sites for hydroxylation is 1. The third kappa shape index (κ3) is 5.93. The van der Waals surface area contributed by atoms with Crippen molar-refractivity contribution in [3.8, 4) is 0 Å². The molecule has 7 heteroatoms. The van der Waals surface area contributed by atoms with Crippen LogP contribution in [-0.4, -0.2) is 40.6 Å². The number of carbonyl (C=O) groups is 1. The maximum atomic E-state index is 12.4. The van der Waals surface area contributed by atoms with E-state index >= 15 is 0 Å². The lowest BCUT2D eigenvalue weighted by molar-refractivity contribution is 0.0936. The molecule has 23 heavy (non-hydrogen) atoms. The average Bonchev–Trinajstić information content (AvgIpc) is 2.47. The highest BCUT2D eigenvalue weighted by Gasteiger charge is 2.19. The van der Waals surface area contributed by atoms with E-state index in [4.69, 9.17) is 4.74 Å². The van der Waals surface area contributed by atoms with Crippen molar-refractivity contribution in [3.63, 3.8) is 0 Å². The molecule has 0 aliphatic rings. The van der Waals surface area contributed by atoms with Gasteiger partial charge in [-0.3, -0.25) is 4.79 Å². The first-order valence-electron chi connectivity index (χ1n) is 7.72. The second kappa shape index (κ2) is 9.00. The minimum atomic E-state index is -3.63. The van der Waals surface area contributed by atoms with Crippen molar-refractivity contribution in [1.82, 2.24) is 10.0 Å². The Bertz CT molecular complexity index is 629. The number of amides is 1. The number of hydrogen-bond acceptors (Lipinski definition) is 4. The predicted molar refractivity (Wildman–Crippen MR) is 90.1 cm³/mol. The molecule has 0 fully saturated rings. The van der Waals surface area contributed by atoms with Crippen molar-refractivity contribution < 1.29 is 17.9 Å². The van der Waals surface area contributed by atoms with Gasteiger partial charge in [-0.2, -0.15) is 0 Å². The standard InChI is InChI=1S/C16H26N2O4S/c1-5-6-13(3)18-23(20,21)14-8-7-12(2)15(11-14)16(19)17-9-10-22-4/h7-8,11,13,18H,5-6,9-10H2,1-4H3,(H,17,19)/t13-/m0/s1. The molecule has 6 nitrogen and oxygen atoms in total. The number of rotatable bonds is 9. The molecule has 0 spiro atoms. The first kappa shape index (κ1) is 19.6. The van der Waals surface area contributed by atoms with Gasteiger partial charge < -0.3 is 10.1 Å². The van der Waals surface area contributed by atoms with Gasteiger partial charge in [0.05, 0.1) is 11.5 Å². The predicted octanol–water partition coefficient (Wildman–Crippen LogP) is 1.84. The molecule has 0 aliphatic heterocycles. The summed E-state index contributed by atoms with van der Waals surface area (Å²) in [4.78, 5) is 12.3. The Kier molecular flexibility index (Phi) is 7.67. The summed E-state index contributed by atoms with van der Waals surface area (Å²) in [5, 5.41) is 2.70. The Labute approximate surface area is 138 Å². The zero-order valence-corrected chi connectivity index (χ0v) is 15.0. The van der Waals surface area contributed by atoms with E-state index in [1.807, 2.05) is 13.8 Å². The lowest BCUT2D eigenvalue weighted by Gasteiger charge is -2.14. The number of sulfonamides is 1. The van der Waals surface area contributed by atoms with Crippen LogP contribution in [0.15, 0.2) is 23.1 Å². The van der Waals surface area contributed by atoms with Crippen LogP contribution in [0.2, 0.25) is 0 Å². The number of nitrogens with one attached hydrogen (secondary N) is 2. The Balaban J connectivity index is 2.97. The Morgan fingerprint density at radius 1 is 1.35 bits per heavy atom. The quantitative estimate of drug-likeness (QED) is 0.671. The molecular formula is C16H26N2O4S. The molecule has 0 saturated carbocycles. The van der Waals surface area contributed by atoms with E-state index in [2.05, 4.69) is 10.0 Å². The summed E-state index contributed by atoms with van der Waals surface area (Å²) in [6, 6.07) is 4.43. The third-order valence-electron chi connectivity index (χ3n) is 3.43. The van der Waals surface area contributed by atoms with E-state index in [0.29, 0.717) is 18.7 Å². The number of carbonyl (C=O) groups excluding carboxylic acids is 1. The number of hydrogen-bond donors (Lipinski definition) is 2.